The lowest BCUT2D eigenvalue weighted by Crippen LogP contribution is -2.23. The van der Waals surface area contributed by atoms with Gasteiger partial charge in [0.05, 0.1) is 38.9 Å². The highest BCUT2D eigenvalue weighted by atomic mass is 35.5. The Balaban J connectivity index is 1.36. The van der Waals surface area contributed by atoms with Gasteiger partial charge in [-0.25, -0.2) is 4.79 Å². The van der Waals surface area contributed by atoms with Crippen LogP contribution in [0.4, 0.5) is 11.4 Å². The van der Waals surface area contributed by atoms with Crippen molar-refractivity contribution in [2.24, 2.45) is 0 Å². The van der Waals surface area contributed by atoms with Gasteiger partial charge in [0.1, 0.15) is 11.5 Å². The van der Waals surface area contributed by atoms with Gasteiger partial charge < -0.3 is 24.0 Å². The van der Waals surface area contributed by atoms with Crippen molar-refractivity contribution in [1.82, 2.24) is 0 Å². The summed E-state index contributed by atoms with van der Waals surface area (Å²) in [5.41, 5.74) is 6.29. The number of carbonyl (C=O) groups is 1. The summed E-state index contributed by atoms with van der Waals surface area (Å²) in [5.74, 6) is 0.886. The van der Waals surface area contributed by atoms with Crippen molar-refractivity contribution < 1.29 is 19.0 Å². The van der Waals surface area contributed by atoms with E-state index in [0.29, 0.717) is 18.8 Å². The molecule has 5 aromatic carbocycles. The first-order valence-electron chi connectivity index (χ1n) is 21.9. The minimum atomic E-state index is -1.63. The van der Waals surface area contributed by atoms with Crippen LogP contribution in [0.25, 0.3) is 11.1 Å². The second-order valence-corrected chi connectivity index (χ2v) is 17.8. The Morgan fingerprint density at radius 2 is 0.935 bits per heavy atom. The molecule has 0 aliphatic carbocycles. The Morgan fingerprint density at radius 3 is 1.32 bits per heavy atom. The SMILES string of the molecule is CCCCOc1ccc(/C(=C\C2(/C=C(\c3ccc(OCCCC)cc3)c3ccc(N4CCCC4)cc3)OC(=O)c3c(Cl)c(Cl)c(Cl)c(Cl)c32)c2ccc(N3CCCC3)cc2)cc1. The molecule has 5 aromatic rings. The number of ether oxygens (including phenoxy) is 3. The number of carbonyl (C=O) groups excluding carboxylic acids is 1. The Kier molecular flexibility index (Phi) is 14.1. The van der Waals surface area contributed by atoms with Crippen molar-refractivity contribution in [3.8, 4) is 11.5 Å². The van der Waals surface area contributed by atoms with Crippen LogP contribution in [0.15, 0.2) is 109 Å². The lowest BCUT2D eigenvalue weighted by molar-refractivity contribution is 0.0300. The fourth-order valence-corrected chi connectivity index (χ4v) is 9.65. The lowest BCUT2D eigenvalue weighted by Gasteiger charge is -2.28. The van der Waals surface area contributed by atoms with E-state index in [1.54, 1.807) is 0 Å². The quantitative estimate of drug-likeness (QED) is 0.0425. The molecule has 3 heterocycles. The van der Waals surface area contributed by atoms with Crippen LogP contribution in [0, 0.1) is 0 Å². The van der Waals surface area contributed by atoms with Crippen LogP contribution < -0.4 is 19.3 Å². The largest absolute Gasteiger partial charge is 0.494 e. The molecule has 62 heavy (non-hydrogen) atoms. The van der Waals surface area contributed by atoms with E-state index in [0.717, 1.165) is 108 Å². The van der Waals surface area contributed by atoms with Crippen molar-refractivity contribution >= 4 is 74.9 Å². The highest BCUT2D eigenvalue weighted by molar-refractivity contribution is 6.53. The molecule has 0 atom stereocenters. The van der Waals surface area contributed by atoms with Crippen LogP contribution in [0.3, 0.4) is 0 Å². The third-order valence-corrected chi connectivity index (χ3v) is 13.8. The Bertz CT molecular complexity index is 2290. The zero-order valence-electron chi connectivity index (χ0n) is 35.3. The normalized spacial score (nSPS) is 16.2. The maximum Gasteiger partial charge on any atom is 0.341 e. The third-order valence-electron chi connectivity index (χ3n) is 12.0. The fraction of sp³-hybridized carbons (Fsp3) is 0.327. The van der Waals surface area contributed by atoms with Crippen molar-refractivity contribution in [2.75, 3.05) is 49.2 Å². The second-order valence-electron chi connectivity index (χ2n) is 16.2. The summed E-state index contributed by atoms with van der Waals surface area (Å²) in [7, 11) is 0. The summed E-state index contributed by atoms with van der Waals surface area (Å²) in [6.07, 6.45) is 12.6. The summed E-state index contributed by atoms with van der Waals surface area (Å²) < 4.78 is 18.8. The first-order chi connectivity index (χ1) is 30.2. The molecule has 0 radical (unpaired) electrons. The van der Waals surface area contributed by atoms with Crippen molar-refractivity contribution in [3.05, 3.63) is 163 Å². The first kappa shape index (κ1) is 44.0. The number of fused-ring (bicyclic) bond motifs is 1. The zero-order valence-corrected chi connectivity index (χ0v) is 38.4. The topological polar surface area (TPSA) is 51.2 Å². The maximum atomic E-state index is 14.4. The summed E-state index contributed by atoms with van der Waals surface area (Å²) in [6.45, 7) is 9.66. The number of halogens is 4. The van der Waals surface area contributed by atoms with Crippen molar-refractivity contribution in [1.29, 1.82) is 0 Å². The van der Waals surface area contributed by atoms with Gasteiger partial charge in [0.2, 0.25) is 0 Å². The van der Waals surface area contributed by atoms with E-state index >= 15 is 0 Å². The van der Waals surface area contributed by atoms with E-state index in [1.165, 1.54) is 25.7 Å². The minimum Gasteiger partial charge on any atom is -0.494 e. The molecule has 322 valence electrons. The molecule has 8 rings (SSSR count). The van der Waals surface area contributed by atoms with Crippen LogP contribution in [0.5, 0.6) is 11.5 Å². The maximum absolute atomic E-state index is 14.4. The van der Waals surface area contributed by atoms with E-state index in [4.69, 9.17) is 60.6 Å². The van der Waals surface area contributed by atoms with Crippen molar-refractivity contribution in [2.45, 2.75) is 70.8 Å². The van der Waals surface area contributed by atoms with Gasteiger partial charge in [0, 0.05) is 43.1 Å². The molecule has 0 saturated carbocycles. The standard InChI is InChI=1S/C52H52Cl4N2O4/c1-3-5-31-60-41-23-15-37(16-24-41)43(35-11-19-39(20-12-35)57-27-7-8-28-57)33-52(46-45(51(59)62-52)47(53)49(55)50(56)48(46)54)34-44(38-17-25-42(26-18-38)61-32-6-4-2)36-13-21-40(22-14-36)58-29-9-10-30-58/h11-26,33-34H,3-10,27-32H2,1-2H3/b43-33-,44-34-. The summed E-state index contributed by atoms with van der Waals surface area (Å²) in [5, 5.41) is 0.100. The average Bonchev–Trinajstić information content (AvgIpc) is 4.10. The number of anilines is 2. The summed E-state index contributed by atoms with van der Waals surface area (Å²) >= 11 is 27.7. The molecular formula is C52H52Cl4N2O4. The molecule has 2 fully saturated rings. The number of hydrogen-bond acceptors (Lipinski definition) is 6. The van der Waals surface area contributed by atoms with E-state index in [-0.39, 0.29) is 25.7 Å². The molecule has 0 unspecified atom stereocenters. The van der Waals surface area contributed by atoms with Gasteiger partial charge in [-0.15, -0.1) is 0 Å². The van der Waals surface area contributed by atoms with E-state index < -0.39 is 11.6 Å². The van der Waals surface area contributed by atoms with Gasteiger partial charge in [0.25, 0.3) is 0 Å². The predicted octanol–water partition coefficient (Wildman–Crippen LogP) is 14.5. The molecule has 3 aliphatic heterocycles. The van der Waals surface area contributed by atoms with Crippen LogP contribution in [0.2, 0.25) is 20.1 Å². The molecule has 0 aromatic heterocycles. The first-order valence-corrected chi connectivity index (χ1v) is 23.4. The number of esters is 1. The highest BCUT2D eigenvalue weighted by Crippen LogP contribution is 2.54. The van der Waals surface area contributed by atoms with Gasteiger partial charge in [-0.1, -0.05) is 122 Å². The molecule has 6 nitrogen and oxygen atoms in total. The fourth-order valence-electron chi connectivity index (χ4n) is 8.57. The third kappa shape index (κ3) is 9.36. The van der Waals surface area contributed by atoms with E-state index in [2.05, 4.69) is 72.2 Å². The molecule has 0 N–H and O–H groups in total. The molecule has 3 aliphatic rings. The van der Waals surface area contributed by atoms with Gasteiger partial charge >= 0.3 is 5.97 Å². The van der Waals surface area contributed by atoms with Crippen molar-refractivity contribution in [3.63, 3.8) is 0 Å². The number of benzene rings is 5. The summed E-state index contributed by atoms with van der Waals surface area (Å²) in [6, 6.07) is 33.2. The molecule has 2 saturated heterocycles. The number of hydrogen-bond donors (Lipinski definition) is 0. The monoisotopic (exact) mass is 908 g/mol. The Hall–Kier alpha value is -4.59. The number of cyclic esters (lactones) is 1. The molecule has 0 bridgehead atoms. The second kappa shape index (κ2) is 19.8. The molecule has 10 heteroatoms. The van der Waals surface area contributed by atoms with Gasteiger partial charge in [-0.3, -0.25) is 0 Å². The van der Waals surface area contributed by atoms with Crippen LogP contribution >= 0.6 is 46.4 Å². The highest BCUT2D eigenvalue weighted by Gasteiger charge is 2.48. The van der Waals surface area contributed by atoms with E-state index in [9.17, 15) is 4.79 Å². The van der Waals surface area contributed by atoms with Crippen LogP contribution in [-0.2, 0) is 10.3 Å². The minimum absolute atomic E-state index is 0.00874. The number of nitrogens with zero attached hydrogens (tertiary/aromatic N) is 2. The average molecular weight is 911 g/mol. The number of unbranched alkanes of at least 4 members (excludes halogenated alkanes) is 2. The molecule has 0 amide bonds. The lowest BCUT2D eigenvalue weighted by atomic mass is 9.83. The smallest absolute Gasteiger partial charge is 0.341 e. The zero-order chi connectivity index (χ0) is 43.2. The summed E-state index contributed by atoms with van der Waals surface area (Å²) in [4.78, 5) is 19.2. The van der Waals surface area contributed by atoms with Crippen LogP contribution in [-0.4, -0.2) is 45.4 Å². The van der Waals surface area contributed by atoms with Gasteiger partial charge in [-0.2, -0.15) is 0 Å². The molecular weight excluding hydrogens is 858 g/mol. The Labute approximate surface area is 386 Å². The van der Waals surface area contributed by atoms with Gasteiger partial charge in [0.15, 0.2) is 5.60 Å². The van der Waals surface area contributed by atoms with Gasteiger partial charge in [-0.05, 0) is 133 Å². The predicted molar refractivity (Wildman–Crippen MR) is 257 cm³/mol. The van der Waals surface area contributed by atoms with Crippen LogP contribution in [0.1, 0.15) is 103 Å². The van der Waals surface area contributed by atoms with E-state index in [1.807, 2.05) is 60.7 Å². The molecule has 0 spiro atoms. The Morgan fingerprint density at radius 1 is 0.565 bits per heavy atom. The number of rotatable bonds is 16.